The van der Waals surface area contributed by atoms with Gasteiger partial charge < -0.3 is 20.4 Å². The Morgan fingerprint density at radius 3 is 2.67 bits per heavy atom. The summed E-state index contributed by atoms with van der Waals surface area (Å²) < 4.78 is 34.2. The Labute approximate surface area is 202 Å². The maximum absolute atomic E-state index is 13.4. The van der Waals surface area contributed by atoms with E-state index < -0.39 is 12.2 Å². The number of aryl methyl sites for hydroxylation is 1. The molecule has 0 radical (unpaired) electrons. The van der Waals surface area contributed by atoms with Crippen LogP contribution in [0.15, 0.2) is 48.9 Å². The molecule has 4 heterocycles. The summed E-state index contributed by atoms with van der Waals surface area (Å²) in [5.41, 5.74) is 2.83. The second kappa shape index (κ2) is 9.26. The van der Waals surface area contributed by atoms with Gasteiger partial charge in [0.15, 0.2) is 28.7 Å². The second-order valence-electron chi connectivity index (χ2n) is 7.59. The summed E-state index contributed by atoms with van der Waals surface area (Å²) in [6.45, 7) is 0. The number of H-pyrrole nitrogens is 1. The van der Waals surface area contributed by atoms with Crippen molar-refractivity contribution in [3.05, 3.63) is 60.4 Å². The zero-order valence-corrected chi connectivity index (χ0v) is 19.0. The molecule has 0 aliphatic carbocycles. The van der Waals surface area contributed by atoms with Crippen molar-refractivity contribution in [2.24, 2.45) is 7.05 Å². The number of halogens is 2. The van der Waals surface area contributed by atoms with Crippen LogP contribution in [0.4, 0.5) is 31.8 Å². The Morgan fingerprint density at radius 2 is 1.94 bits per heavy atom. The number of methoxy groups -OCH3 is 1. The number of anilines is 4. The molecule has 0 aliphatic heterocycles. The Bertz CT molecular complexity index is 1600. The number of nitrogens with one attached hydrogen (secondary N) is 3. The molecule has 0 fully saturated rings. The van der Waals surface area contributed by atoms with Crippen LogP contribution in [0.3, 0.4) is 0 Å². The van der Waals surface area contributed by atoms with Crippen molar-refractivity contribution < 1.29 is 13.5 Å². The first-order valence-corrected chi connectivity index (χ1v) is 10.6. The molecule has 4 aromatic heterocycles. The van der Waals surface area contributed by atoms with Gasteiger partial charge in [0, 0.05) is 24.9 Å². The molecule has 0 aliphatic rings. The van der Waals surface area contributed by atoms with Gasteiger partial charge in [-0.15, -0.1) is 0 Å². The van der Waals surface area contributed by atoms with E-state index >= 15 is 0 Å². The lowest BCUT2D eigenvalue weighted by molar-refractivity contribution is 0.142. The van der Waals surface area contributed by atoms with Gasteiger partial charge in [-0.25, -0.2) is 23.7 Å². The highest BCUT2D eigenvalue weighted by atomic mass is 19.3. The lowest BCUT2D eigenvalue weighted by atomic mass is 10.1. The molecule has 0 spiro atoms. The molecule has 5 rings (SSSR count). The molecule has 0 saturated carbocycles. The number of alkyl halides is 2. The highest BCUT2D eigenvalue weighted by Gasteiger charge is 2.19. The number of ether oxygens (including phenoxy) is 1. The third kappa shape index (κ3) is 4.34. The Hall–Kier alpha value is -5.12. The minimum Gasteiger partial charge on any atom is -0.494 e. The first kappa shape index (κ1) is 22.7. The Kier molecular flexibility index (Phi) is 5.83. The minimum atomic E-state index is -2.82. The van der Waals surface area contributed by atoms with Crippen LogP contribution in [0.2, 0.25) is 0 Å². The van der Waals surface area contributed by atoms with E-state index in [9.17, 15) is 8.78 Å². The number of aromatic amines is 1. The molecule has 1 aromatic carbocycles. The largest absolute Gasteiger partial charge is 0.494 e. The molecular formula is C23H18F2N10O. The van der Waals surface area contributed by atoms with Gasteiger partial charge in [0.25, 0.3) is 6.43 Å². The van der Waals surface area contributed by atoms with Crippen LogP contribution in [0.1, 0.15) is 17.9 Å². The summed E-state index contributed by atoms with van der Waals surface area (Å²) in [5.74, 6) is 0.514. The molecule has 0 saturated heterocycles. The molecule has 0 amide bonds. The van der Waals surface area contributed by atoms with Crippen molar-refractivity contribution in [3.63, 3.8) is 0 Å². The van der Waals surface area contributed by atoms with Crippen molar-refractivity contribution >= 4 is 34.2 Å². The number of fused-ring (bicyclic) bond motifs is 1. The second-order valence-corrected chi connectivity index (χ2v) is 7.59. The molecule has 5 aromatic rings. The monoisotopic (exact) mass is 488 g/mol. The first-order valence-electron chi connectivity index (χ1n) is 10.6. The molecule has 180 valence electrons. The number of para-hydroxylation sites is 1. The van der Waals surface area contributed by atoms with E-state index in [-0.39, 0.29) is 28.5 Å². The maximum atomic E-state index is 13.4. The SMILES string of the molecule is COc1c(Nc2cc(Nc3cncc(C#N)n3)nc3[nH]c(C(F)F)nc23)cccc1-c1ccn(C)n1. The summed E-state index contributed by atoms with van der Waals surface area (Å²) in [4.78, 5) is 19.0. The number of hydrogen-bond donors (Lipinski definition) is 3. The lowest BCUT2D eigenvalue weighted by Gasteiger charge is -2.15. The highest BCUT2D eigenvalue weighted by molar-refractivity contribution is 5.92. The topological polar surface area (TPSA) is 142 Å². The summed E-state index contributed by atoms with van der Waals surface area (Å²) in [6.07, 6.45) is 1.73. The number of aromatic nitrogens is 7. The van der Waals surface area contributed by atoms with Crippen LogP contribution in [0.5, 0.6) is 5.75 Å². The van der Waals surface area contributed by atoms with Gasteiger partial charge in [0.1, 0.15) is 17.4 Å². The van der Waals surface area contributed by atoms with E-state index in [1.807, 2.05) is 37.5 Å². The zero-order valence-electron chi connectivity index (χ0n) is 19.0. The summed E-state index contributed by atoms with van der Waals surface area (Å²) >= 11 is 0. The van der Waals surface area contributed by atoms with Crippen molar-refractivity contribution in [2.75, 3.05) is 17.7 Å². The molecule has 0 bridgehead atoms. The minimum absolute atomic E-state index is 0.108. The number of benzene rings is 1. The van der Waals surface area contributed by atoms with Gasteiger partial charge in [-0.3, -0.25) is 9.67 Å². The number of imidazole rings is 1. The number of nitrogens with zero attached hydrogens (tertiary/aromatic N) is 7. The maximum Gasteiger partial charge on any atom is 0.295 e. The van der Waals surface area contributed by atoms with Crippen LogP contribution in [-0.4, -0.2) is 41.8 Å². The molecule has 0 unspecified atom stereocenters. The first-order chi connectivity index (χ1) is 17.4. The fourth-order valence-electron chi connectivity index (χ4n) is 3.64. The van der Waals surface area contributed by atoms with E-state index in [2.05, 4.69) is 40.7 Å². The van der Waals surface area contributed by atoms with Crippen LogP contribution in [0, 0.1) is 11.3 Å². The van der Waals surface area contributed by atoms with Gasteiger partial charge in [-0.1, -0.05) is 6.07 Å². The normalized spacial score (nSPS) is 11.0. The number of pyridine rings is 1. The average molecular weight is 488 g/mol. The van der Waals surface area contributed by atoms with Crippen LogP contribution in [-0.2, 0) is 7.05 Å². The molecular weight excluding hydrogens is 470 g/mol. The van der Waals surface area contributed by atoms with E-state index in [0.29, 0.717) is 22.8 Å². The average Bonchev–Trinajstić information content (AvgIpc) is 3.50. The van der Waals surface area contributed by atoms with Crippen molar-refractivity contribution in [3.8, 4) is 23.1 Å². The third-order valence-electron chi connectivity index (χ3n) is 5.16. The van der Waals surface area contributed by atoms with Crippen molar-refractivity contribution in [1.82, 2.24) is 34.7 Å². The fraction of sp³-hybridized carbons (Fsp3) is 0.130. The highest BCUT2D eigenvalue weighted by Crippen LogP contribution is 2.39. The summed E-state index contributed by atoms with van der Waals surface area (Å²) in [5, 5.41) is 19.7. The Morgan fingerprint density at radius 1 is 1.08 bits per heavy atom. The van der Waals surface area contributed by atoms with Gasteiger partial charge in [-0.05, 0) is 18.2 Å². The fourth-order valence-corrected chi connectivity index (χ4v) is 3.64. The van der Waals surface area contributed by atoms with E-state index in [1.165, 1.54) is 19.5 Å². The Balaban J connectivity index is 1.60. The molecule has 0 atom stereocenters. The predicted molar refractivity (Wildman–Crippen MR) is 127 cm³/mol. The van der Waals surface area contributed by atoms with Crippen LogP contribution >= 0.6 is 0 Å². The van der Waals surface area contributed by atoms with E-state index in [1.54, 1.807) is 16.8 Å². The summed E-state index contributed by atoms with van der Waals surface area (Å²) in [7, 11) is 3.35. The number of hydrogen-bond acceptors (Lipinski definition) is 9. The van der Waals surface area contributed by atoms with Gasteiger partial charge in [-0.2, -0.15) is 10.4 Å². The molecule has 3 N–H and O–H groups in total. The van der Waals surface area contributed by atoms with E-state index in [4.69, 9.17) is 10.00 Å². The van der Waals surface area contributed by atoms with Crippen LogP contribution < -0.4 is 15.4 Å². The molecule has 36 heavy (non-hydrogen) atoms. The van der Waals surface area contributed by atoms with Gasteiger partial charge >= 0.3 is 0 Å². The number of nitriles is 1. The smallest absolute Gasteiger partial charge is 0.295 e. The van der Waals surface area contributed by atoms with Crippen molar-refractivity contribution in [2.45, 2.75) is 6.43 Å². The molecule has 13 heteroatoms. The van der Waals surface area contributed by atoms with Crippen LogP contribution in [0.25, 0.3) is 22.4 Å². The van der Waals surface area contributed by atoms with Gasteiger partial charge in [0.05, 0.1) is 36.6 Å². The van der Waals surface area contributed by atoms with E-state index in [0.717, 1.165) is 5.56 Å². The summed E-state index contributed by atoms with van der Waals surface area (Å²) in [6, 6.07) is 10.8. The van der Waals surface area contributed by atoms with Crippen molar-refractivity contribution in [1.29, 1.82) is 5.26 Å². The lowest BCUT2D eigenvalue weighted by Crippen LogP contribution is -2.02. The number of rotatable bonds is 7. The quantitative estimate of drug-likeness (QED) is 0.303. The standard InChI is InChI=1S/C23H18F2N10O/c1-35-7-6-14(34-35)13-4-3-5-15(20(13)36-2)29-16-8-17(30-18-11-27-10-12(9-26)28-18)31-22-19(16)32-23(33-22)21(24)25/h3-8,10-11,21H,1-2H3,(H3,28,29,30,31,32,33). The third-order valence-corrected chi connectivity index (χ3v) is 5.16. The molecule has 11 nitrogen and oxygen atoms in total. The van der Waals surface area contributed by atoms with Gasteiger partial charge in [0.2, 0.25) is 0 Å². The zero-order chi connectivity index (χ0) is 25.2. The predicted octanol–water partition coefficient (Wildman–Crippen LogP) is 4.45.